The predicted molar refractivity (Wildman–Crippen MR) is 30.5 cm³/mol. The van der Waals surface area contributed by atoms with E-state index in [9.17, 15) is 0 Å². The van der Waals surface area contributed by atoms with E-state index in [-0.39, 0.29) is 5.60 Å². The summed E-state index contributed by atoms with van der Waals surface area (Å²) < 4.78 is 5.04. The molecule has 0 aliphatic carbocycles. The van der Waals surface area contributed by atoms with Crippen LogP contribution in [0.3, 0.4) is 0 Å². The standard InChI is InChI=1S/C6H10O2/c1-6(2)3-5(7)4-8-6/h4,7H,3H2,1-2H3. The Morgan fingerprint density at radius 1 is 1.75 bits per heavy atom. The molecule has 0 unspecified atom stereocenters. The van der Waals surface area contributed by atoms with Crippen molar-refractivity contribution in [2.24, 2.45) is 0 Å². The average molecular weight is 114 g/mol. The van der Waals surface area contributed by atoms with Gasteiger partial charge in [0, 0.05) is 6.42 Å². The Balaban J connectivity index is 2.55. The van der Waals surface area contributed by atoms with Crippen LogP contribution in [0.5, 0.6) is 0 Å². The third kappa shape index (κ3) is 0.941. The van der Waals surface area contributed by atoms with Gasteiger partial charge in [0.15, 0.2) is 0 Å². The third-order valence-electron chi connectivity index (χ3n) is 1.12. The van der Waals surface area contributed by atoms with Crippen LogP contribution in [0.15, 0.2) is 12.0 Å². The lowest BCUT2D eigenvalue weighted by Gasteiger charge is -2.15. The van der Waals surface area contributed by atoms with E-state index in [4.69, 9.17) is 9.84 Å². The molecule has 0 aromatic rings. The van der Waals surface area contributed by atoms with E-state index in [0.29, 0.717) is 12.2 Å². The van der Waals surface area contributed by atoms with Crippen molar-refractivity contribution in [3.05, 3.63) is 12.0 Å². The van der Waals surface area contributed by atoms with Crippen molar-refractivity contribution in [2.45, 2.75) is 25.9 Å². The van der Waals surface area contributed by atoms with Gasteiger partial charge >= 0.3 is 0 Å². The van der Waals surface area contributed by atoms with Crippen LogP contribution in [-0.4, -0.2) is 10.7 Å². The molecule has 0 fully saturated rings. The molecule has 2 nitrogen and oxygen atoms in total. The van der Waals surface area contributed by atoms with E-state index in [2.05, 4.69) is 0 Å². The van der Waals surface area contributed by atoms with Crippen LogP contribution in [0.2, 0.25) is 0 Å². The summed E-state index contributed by atoms with van der Waals surface area (Å²) in [6.45, 7) is 3.87. The summed E-state index contributed by atoms with van der Waals surface area (Å²) in [5, 5.41) is 8.80. The van der Waals surface area contributed by atoms with Crippen molar-refractivity contribution in [3.63, 3.8) is 0 Å². The fourth-order valence-corrected chi connectivity index (χ4v) is 0.747. The molecule has 8 heavy (non-hydrogen) atoms. The molecule has 1 rings (SSSR count). The number of ether oxygens (including phenoxy) is 1. The maximum absolute atomic E-state index is 8.80. The summed E-state index contributed by atoms with van der Waals surface area (Å²) in [6, 6.07) is 0. The normalized spacial score (nSPS) is 24.5. The fourth-order valence-electron chi connectivity index (χ4n) is 0.747. The van der Waals surface area contributed by atoms with Gasteiger partial charge < -0.3 is 9.84 Å². The van der Waals surface area contributed by atoms with Gasteiger partial charge in [-0.15, -0.1) is 0 Å². The first kappa shape index (κ1) is 5.48. The van der Waals surface area contributed by atoms with Gasteiger partial charge in [0.2, 0.25) is 0 Å². The van der Waals surface area contributed by atoms with Crippen molar-refractivity contribution in [1.29, 1.82) is 0 Å². The molecular formula is C6H10O2. The molecule has 0 bridgehead atoms. The third-order valence-corrected chi connectivity index (χ3v) is 1.12. The van der Waals surface area contributed by atoms with Crippen LogP contribution in [0.4, 0.5) is 0 Å². The SMILES string of the molecule is CC1(C)CC(O)=CO1. The second-order valence-corrected chi connectivity index (χ2v) is 2.66. The second-order valence-electron chi connectivity index (χ2n) is 2.66. The topological polar surface area (TPSA) is 29.5 Å². The van der Waals surface area contributed by atoms with E-state index in [1.165, 1.54) is 6.26 Å². The summed E-state index contributed by atoms with van der Waals surface area (Å²) in [5.74, 6) is 0.343. The lowest BCUT2D eigenvalue weighted by atomic mass is 10.1. The van der Waals surface area contributed by atoms with Gasteiger partial charge in [-0.3, -0.25) is 0 Å². The van der Waals surface area contributed by atoms with Gasteiger partial charge in [-0.05, 0) is 13.8 Å². The highest BCUT2D eigenvalue weighted by Gasteiger charge is 2.25. The summed E-state index contributed by atoms with van der Waals surface area (Å²) >= 11 is 0. The van der Waals surface area contributed by atoms with Crippen molar-refractivity contribution in [2.75, 3.05) is 0 Å². The zero-order valence-electron chi connectivity index (χ0n) is 5.14. The monoisotopic (exact) mass is 114 g/mol. The molecule has 0 aromatic carbocycles. The zero-order valence-corrected chi connectivity index (χ0v) is 5.14. The molecule has 0 spiro atoms. The van der Waals surface area contributed by atoms with Gasteiger partial charge in [-0.1, -0.05) is 0 Å². The minimum absolute atomic E-state index is 0.177. The molecule has 46 valence electrons. The summed E-state index contributed by atoms with van der Waals surface area (Å²) in [7, 11) is 0. The number of aliphatic hydroxyl groups excluding tert-OH is 1. The van der Waals surface area contributed by atoms with Gasteiger partial charge in [0.05, 0.1) is 0 Å². The lowest BCUT2D eigenvalue weighted by molar-refractivity contribution is 0.0816. The van der Waals surface area contributed by atoms with Crippen LogP contribution >= 0.6 is 0 Å². The number of rotatable bonds is 0. The number of hydrogen-bond acceptors (Lipinski definition) is 2. The molecule has 1 heterocycles. The average Bonchev–Trinajstić information content (AvgIpc) is 1.82. The maximum atomic E-state index is 8.80. The molecular weight excluding hydrogens is 104 g/mol. The van der Waals surface area contributed by atoms with E-state index < -0.39 is 0 Å². The molecule has 0 atom stereocenters. The zero-order chi connectivity index (χ0) is 6.20. The lowest BCUT2D eigenvalue weighted by Crippen LogP contribution is -2.16. The van der Waals surface area contributed by atoms with Gasteiger partial charge in [-0.25, -0.2) is 0 Å². The molecule has 1 aliphatic heterocycles. The van der Waals surface area contributed by atoms with Crippen LogP contribution in [-0.2, 0) is 4.74 Å². The minimum atomic E-state index is -0.177. The van der Waals surface area contributed by atoms with Crippen molar-refractivity contribution in [1.82, 2.24) is 0 Å². The Hall–Kier alpha value is -0.660. The van der Waals surface area contributed by atoms with Crippen molar-refractivity contribution >= 4 is 0 Å². The van der Waals surface area contributed by atoms with Crippen LogP contribution in [0.1, 0.15) is 20.3 Å². The van der Waals surface area contributed by atoms with E-state index >= 15 is 0 Å². The van der Waals surface area contributed by atoms with E-state index in [1.807, 2.05) is 13.8 Å². The van der Waals surface area contributed by atoms with Crippen molar-refractivity contribution < 1.29 is 9.84 Å². The summed E-state index contributed by atoms with van der Waals surface area (Å²) in [5.41, 5.74) is -0.177. The first-order chi connectivity index (χ1) is 3.60. The number of aliphatic hydroxyl groups is 1. The Labute approximate surface area is 48.8 Å². The quantitative estimate of drug-likeness (QED) is 0.518. The van der Waals surface area contributed by atoms with Crippen LogP contribution < -0.4 is 0 Å². The van der Waals surface area contributed by atoms with Crippen LogP contribution in [0, 0.1) is 0 Å². The number of hydrogen-bond donors (Lipinski definition) is 1. The molecule has 1 aliphatic rings. The van der Waals surface area contributed by atoms with Gasteiger partial charge in [-0.2, -0.15) is 0 Å². The molecule has 0 amide bonds. The second kappa shape index (κ2) is 1.41. The highest BCUT2D eigenvalue weighted by atomic mass is 16.5. The maximum Gasteiger partial charge on any atom is 0.131 e. The highest BCUT2D eigenvalue weighted by Crippen LogP contribution is 2.25. The Morgan fingerprint density at radius 3 is 2.50 bits per heavy atom. The minimum Gasteiger partial charge on any atom is -0.509 e. The first-order valence-corrected chi connectivity index (χ1v) is 2.66. The molecule has 1 N–H and O–H groups in total. The largest absolute Gasteiger partial charge is 0.509 e. The first-order valence-electron chi connectivity index (χ1n) is 2.66. The fraction of sp³-hybridized carbons (Fsp3) is 0.667. The highest BCUT2D eigenvalue weighted by molar-refractivity contribution is 4.99. The van der Waals surface area contributed by atoms with E-state index in [1.54, 1.807) is 0 Å². The molecule has 0 saturated carbocycles. The Bertz CT molecular complexity index is 124. The molecule has 2 heteroatoms. The molecule has 0 aromatic heterocycles. The van der Waals surface area contributed by atoms with Gasteiger partial charge in [0.25, 0.3) is 0 Å². The Kier molecular flexibility index (Phi) is 0.962. The molecule has 0 saturated heterocycles. The predicted octanol–water partition coefficient (Wildman–Crippen LogP) is 1.58. The smallest absolute Gasteiger partial charge is 0.131 e. The molecule has 0 radical (unpaired) electrons. The summed E-state index contributed by atoms with van der Waals surface area (Å²) in [4.78, 5) is 0. The van der Waals surface area contributed by atoms with Gasteiger partial charge in [0.1, 0.15) is 17.6 Å². The Morgan fingerprint density at radius 2 is 2.38 bits per heavy atom. The van der Waals surface area contributed by atoms with Crippen LogP contribution in [0.25, 0.3) is 0 Å². The van der Waals surface area contributed by atoms with E-state index in [0.717, 1.165) is 0 Å². The summed E-state index contributed by atoms with van der Waals surface area (Å²) in [6.07, 6.45) is 2.03. The van der Waals surface area contributed by atoms with Crippen molar-refractivity contribution in [3.8, 4) is 0 Å².